The largest absolute Gasteiger partial charge is 0.388 e. The van der Waals surface area contributed by atoms with Crippen LogP contribution in [0.15, 0.2) is 36.5 Å². The Morgan fingerprint density at radius 3 is 2.81 bits per heavy atom. The van der Waals surface area contributed by atoms with E-state index in [0.29, 0.717) is 0 Å². The van der Waals surface area contributed by atoms with Crippen molar-refractivity contribution in [2.45, 2.75) is 6.42 Å². The van der Waals surface area contributed by atoms with Gasteiger partial charge in [-0.2, -0.15) is 0 Å². The van der Waals surface area contributed by atoms with Crippen LogP contribution in [-0.2, 0) is 6.42 Å². The fourth-order valence-corrected chi connectivity index (χ4v) is 1.54. The molecule has 16 heavy (non-hydrogen) atoms. The first-order valence-corrected chi connectivity index (χ1v) is 5.59. The Bertz CT molecular complexity index is 334. The molecule has 1 aromatic rings. The lowest BCUT2D eigenvalue weighted by Crippen LogP contribution is -2.23. The maximum atomic E-state index is 3.92. The van der Waals surface area contributed by atoms with Gasteiger partial charge in [-0.1, -0.05) is 18.7 Å². The van der Waals surface area contributed by atoms with Gasteiger partial charge in [0.25, 0.3) is 0 Å². The molecule has 0 saturated carbocycles. The van der Waals surface area contributed by atoms with Crippen LogP contribution in [0.25, 0.3) is 0 Å². The molecular formula is C13H21N3. The van der Waals surface area contributed by atoms with E-state index >= 15 is 0 Å². The molecule has 0 aliphatic rings. The van der Waals surface area contributed by atoms with Crippen molar-refractivity contribution < 1.29 is 0 Å². The van der Waals surface area contributed by atoms with E-state index in [2.05, 4.69) is 46.8 Å². The van der Waals surface area contributed by atoms with Crippen LogP contribution >= 0.6 is 0 Å². The number of hydrogen-bond acceptors (Lipinski definition) is 3. The molecule has 1 rings (SSSR count). The first-order valence-electron chi connectivity index (χ1n) is 5.59. The van der Waals surface area contributed by atoms with Gasteiger partial charge in [-0.25, -0.2) is 0 Å². The zero-order valence-corrected chi connectivity index (χ0v) is 10.1. The zero-order valence-electron chi connectivity index (χ0n) is 10.1. The highest BCUT2D eigenvalue weighted by molar-refractivity contribution is 5.45. The molecule has 0 radical (unpaired) electrons. The molecule has 0 heterocycles. The summed E-state index contributed by atoms with van der Waals surface area (Å²) in [5.41, 5.74) is 3.52. The molecule has 3 nitrogen and oxygen atoms in total. The third-order valence-electron chi connectivity index (χ3n) is 2.39. The lowest BCUT2D eigenvalue weighted by molar-refractivity contribution is 0.734. The average molecular weight is 219 g/mol. The van der Waals surface area contributed by atoms with Crippen LogP contribution in [0.5, 0.6) is 0 Å². The van der Waals surface area contributed by atoms with E-state index < -0.39 is 0 Å². The topological polar surface area (TPSA) is 36.1 Å². The molecule has 3 N–H and O–H groups in total. The van der Waals surface area contributed by atoms with Gasteiger partial charge < -0.3 is 16.0 Å². The monoisotopic (exact) mass is 219 g/mol. The van der Waals surface area contributed by atoms with Crippen LogP contribution in [0.3, 0.4) is 0 Å². The van der Waals surface area contributed by atoms with Crippen LogP contribution in [-0.4, -0.2) is 27.2 Å². The molecule has 0 amide bonds. The third-order valence-corrected chi connectivity index (χ3v) is 2.39. The molecule has 0 unspecified atom stereocenters. The predicted molar refractivity (Wildman–Crippen MR) is 70.8 cm³/mol. The molecule has 88 valence electrons. The normalized spacial score (nSPS) is 9.88. The lowest BCUT2D eigenvalue weighted by Gasteiger charge is -2.09. The predicted octanol–water partition coefficient (Wildman–Crippen LogP) is 1.59. The van der Waals surface area contributed by atoms with Gasteiger partial charge in [-0.05, 0) is 31.2 Å². The van der Waals surface area contributed by atoms with Gasteiger partial charge in [-0.15, -0.1) is 0 Å². The van der Waals surface area contributed by atoms with Gasteiger partial charge in [0.1, 0.15) is 0 Å². The maximum absolute atomic E-state index is 3.92. The molecular weight excluding hydrogens is 198 g/mol. The van der Waals surface area contributed by atoms with Crippen molar-refractivity contribution in [1.29, 1.82) is 0 Å². The second-order valence-corrected chi connectivity index (χ2v) is 3.76. The standard InChI is InChI=1S/C13H21N3/c1-11(10-14-2)16-8-7-12-5-4-6-13(9-12)15-3/h4-6,9,14-16H,1,7-8,10H2,2-3H3. The SMILES string of the molecule is C=C(CNC)NCCc1cccc(NC)c1. The zero-order chi connectivity index (χ0) is 11.8. The number of likely N-dealkylation sites (N-methyl/N-ethyl adjacent to an activating group) is 1. The Morgan fingerprint density at radius 1 is 1.31 bits per heavy atom. The van der Waals surface area contributed by atoms with Gasteiger partial charge in [0.05, 0.1) is 0 Å². The highest BCUT2D eigenvalue weighted by atomic mass is 14.9. The Labute approximate surface area is 97.9 Å². The van der Waals surface area contributed by atoms with Crippen molar-refractivity contribution in [3.05, 3.63) is 42.1 Å². The van der Waals surface area contributed by atoms with Crippen LogP contribution in [0.4, 0.5) is 5.69 Å². The molecule has 0 aliphatic carbocycles. The minimum absolute atomic E-state index is 0.816. The van der Waals surface area contributed by atoms with E-state index in [1.165, 1.54) is 5.56 Å². The van der Waals surface area contributed by atoms with E-state index in [9.17, 15) is 0 Å². The number of anilines is 1. The van der Waals surface area contributed by atoms with Crippen LogP contribution in [0, 0.1) is 0 Å². The van der Waals surface area contributed by atoms with Crippen LogP contribution in [0.2, 0.25) is 0 Å². The summed E-state index contributed by atoms with van der Waals surface area (Å²) in [5.74, 6) is 0. The fourth-order valence-electron chi connectivity index (χ4n) is 1.54. The van der Waals surface area contributed by atoms with Gasteiger partial charge in [0, 0.05) is 31.5 Å². The summed E-state index contributed by atoms with van der Waals surface area (Å²) in [4.78, 5) is 0. The van der Waals surface area contributed by atoms with Gasteiger partial charge in [0.2, 0.25) is 0 Å². The molecule has 0 saturated heterocycles. The summed E-state index contributed by atoms with van der Waals surface area (Å²) in [6.45, 7) is 5.66. The molecule has 0 bridgehead atoms. The Kier molecular flexibility index (Phi) is 5.43. The maximum Gasteiger partial charge on any atom is 0.0345 e. The van der Waals surface area contributed by atoms with E-state index in [1.807, 2.05) is 14.1 Å². The second-order valence-electron chi connectivity index (χ2n) is 3.76. The van der Waals surface area contributed by atoms with E-state index in [-0.39, 0.29) is 0 Å². The minimum atomic E-state index is 0.816. The molecule has 0 spiro atoms. The Hall–Kier alpha value is -1.48. The number of hydrogen-bond donors (Lipinski definition) is 3. The number of rotatable bonds is 7. The molecule has 1 aromatic carbocycles. The van der Waals surface area contributed by atoms with Gasteiger partial charge in [-0.3, -0.25) is 0 Å². The molecule has 0 aliphatic heterocycles. The number of nitrogens with one attached hydrogen (secondary N) is 3. The summed E-state index contributed by atoms with van der Waals surface area (Å²) >= 11 is 0. The number of benzene rings is 1. The Morgan fingerprint density at radius 2 is 2.12 bits per heavy atom. The highest BCUT2D eigenvalue weighted by Crippen LogP contribution is 2.09. The smallest absolute Gasteiger partial charge is 0.0345 e. The summed E-state index contributed by atoms with van der Waals surface area (Å²) in [5, 5.41) is 9.49. The lowest BCUT2D eigenvalue weighted by atomic mass is 10.1. The van der Waals surface area contributed by atoms with E-state index in [0.717, 1.165) is 30.9 Å². The molecule has 3 heteroatoms. The third kappa shape index (κ3) is 4.36. The first-order chi connectivity index (χ1) is 7.76. The van der Waals surface area contributed by atoms with Crippen LogP contribution in [0.1, 0.15) is 5.56 Å². The average Bonchev–Trinajstić information content (AvgIpc) is 2.30. The quantitative estimate of drug-likeness (QED) is 0.652. The van der Waals surface area contributed by atoms with Crippen molar-refractivity contribution in [1.82, 2.24) is 10.6 Å². The fraction of sp³-hybridized carbons (Fsp3) is 0.385. The van der Waals surface area contributed by atoms with Gasteiger partial charge >= 0.3 is 0 Å². The van der Waals surface area contributed by atoms with Crippen molar-refractivity contribution in [3.63, 3.8) is 0 Å². The van der Waals surface area contributed by atoms with E-state index in [1.54, 1.807) is 0 Å². The first kappa shape index (κ1) is 12.6. The van der Waals surface area contributed by atoms with Crippen molar-refractivity contribution in [2.75, 3.05) is 32.5 Å². The molecule has 0 fully saturated rings. The second kappa shape index (κ2) is 6.90. The van der Waals surface area contributed by atoms with Crippen LogP contribution < -0.4 is 16.0 Å². The van der Waals surface area contributed by atoms with E-state index in [4.69, 9.17) is 0 Å². The summed E-state index contributed by atoms with van der Waals surface area (Å²) in [6.07, 6.45) is 1.01. The summed E-state index contributed by atoms with van der Waals surface area (Å²) in [6, 6.07) is 8.45. The highest BCUT2D eigenvalue weighted by Gasteiger charge is 1.95. The van der Waals surface area contributed by atoms with Crippen molar-refractivity contribution >= 4 is 5.69 Å². The van der Waals surface area contributed by atoms with Crippen molar-refractivity contribution in [3.8, 4) is 0 Å². The Balaban J connectivity index is 2.34. The summed E-state index contributed by atoms with van der Waals surface area (Å²) < 4.78 is 0. The summed E-state index contributed by atoms with van der Waals surface area (Å²) in [7, 11) is 3.86. The van der Waals surface area contributed by atoms with Crippen molar-refractivity contribution in [2.24, 2.45) is 0 Å². The molecule has 0 aromatic heterocycles. The molecule has 0 atom stereocenters. The minimum Gasteiger partial charge on any atom is -0.388 e. The van der Waals surface area contributed by atoms with Gasteiger partial charge in [0.15, 0.2) is 0 Å².